The van der Waals surface area contributed by atoms with Gasteiger partial charge in [-0.1, -0.05) is 6.92 Å². The molecule has 0 spiro atoms. The zero-order valence-electron chi connectivity index (χ0n) is 10.3. The van der Waals surface area contributed by atoms with E-state index in [0.29, 0.717) is 17.8 Å². The van der Waals surface area contributed by atoms with Crippen LogP contribution in [0.3, 0.4) is 0 Å². The summed E-state index contributed by atoms with van der Waals surface area (Å²) < 4.78 is 25.2. The molecule has 2 rings (SSSR count). The van der Waals surface area contributed by atoms with E-state index < -0.39 is 16.0 Å². The molecule has 0 aliphatic carbocycles. The maximum atomic E-state index is 11.9. The van der Waals surface area contributed by atoms with Crippen molar-refractivity contribution in [2.45, 2.75) is 13.8 Å². The Labute approximate surface area is 106 Å². The Morgan fingerprint density at radius 2 is 2.11 bits per heavy atom. The number of aromatic carboxylic acids is 1. The van der Waals surface area contributed by atoms with Crippen molar-refractivity contribution in [2.75, 3.05) is 16.6 Å². The Bertz CT molecular complexity index is 594. The van der Waals surface area contributed by atoms with E-state index in [-0.39, 0.29) is 17.2 Å². The lowest BCUT2D eigenvalue weighted by Gasteiger charge is -2.18. The standard InChI is InChI=1S/C12H15NO4S/c1-8-6-13(18(16,17)7-8)10-3-4-11(12(14)15)9(2)5-10/h3-5,8H,6-7H2,1-2H3,(H,14,15). The lowest BCUT2D eigenvalue weighted by Crippen LogP contribution is -2.25. The van der Waals surface area contributed by atoms with Gasteiger partial charge in [-0.3, -0.25) is 4.31 Å². The van der Waals surface area contributed by atoms with E-state index in [1.807, 2.05) is 6.92 Å². The number of hydrogen-bond acceptors (Lipinski definition) is 3. The Morgan fingerprint density at radius 1 is 1.44 bits per heavy atom. The lowest BCUT2D eigenvalue weighted by atomic mass is 10.1. The van der Waals surface area contributed by atoms with Crippen LogP contribution in [0.25, 0.3) is 0 Å². The first-order chi connectivity index (χ1) is 8.31. The molecule has 1 aromatic carbocycles. The number of anilines is 1. The summed E-state index contributed by atoms with van der Waals surface area (Å²) in [7, 11) is -3.25. The zero-order valence-corrected chi connectivity index (χ0v) is 11.1. The van der Waals surface area contributed by atoms with Crippen LogP contribution in [0, 0.1) is 12.8 Å². The van der Waals surface area contributed by atoms with E-state index >= 15 is 0 Å². The highest BCUT2D eigenvalue weighted by molar-refractivity contribution is 7.93. The lowest BCUT2D eigenvalue weighted by molar-refractivity contribution is 0.0696. The minimum Gasteiger partial charge on any atom is -0.478 e. The molecule has 1 fully saturated rings. The van der Waals surface area contributed by atoms with Crippen LogP contribution in [0.1, 0.15) is 22.8 Å². The van der Waals surface area contributed by atoms with E-state index in [9.17, 15) is 13.2 Å². The molecule has 1 aliphatic heterocycles. The molecule has 1 heterocycles. The summed E-state index contributed by atoms with van der Waals surface area (Å²) in [6, 6.07) is 4.61. The van der Waals surface area contributed by atoms with Gasteiger partial charge in [0, 0.05) is 6.54 Å². The molecule has 0 radical (unpaired) electrons. The highest BCUT2D eigenvalue weighted by Crippen LogP contribution is 2.28. The number of aryl methyl sites for hydroxylation is 1. The summed E-state index contributed by atoms with van der Waals surface area (Å²) in [5.41, 5.74) is 1.31. The Kier molecular flexibility index (Phi) is 3.06. The van der Waals surface area contributed by atoms with Crippen molar-refractivity contribution >= 4 is 21.7 Å². The Morgan fingerprint density at radius 3 is 2.56 bits per heavy atom. The van der Waals surface area contributed by atoms with Crippen LogP contribution in [0.5, 0.6) is 0 Å². The fraction of sp³-hybridized carbons (Fsp3) is 0.417. The first-order valence-electron chi connectivity index (χ1n) is 5.65. The van der Waals surface area contributed by atoms with Gasteiger partial charge >= 0.3 is 5.97 Å². The molecule has 0 amide bonds. The molecule has 0 bridgehead atoms. The molecule has 0 aromatic heterocycles. The van der Waals surface area contributed by atoms with E-state index in [0.717, 1.165) is 0 Å². The fourth-order valence-corrected chi connectivity index (χ4v) is 4.13. The van der Waals surface area contributed by atoms with Crippen LogP contribution >= 0.6 is 0 Å². The van der Waals surface area contributed by atoms with Crippen LogP contribution in [0.2, 0.25) is 0 Å². The van der Waals surface area contributed by atoms with Gasteiger partial charge in [0.2, 0.25) is 10.0 Å². The van der Waals surface area contributed by atoms with E-state index in [2.05, 4.69) is 0 Å². The molecule has 5 nitrogen and oxygen atoms in total. The summed E-state index contributed by atoms with van der Waals surface area (Å²) >= 11 is 0. The van der Waals surface area contributed by atoms with Crippen molar-refractivity contribution in [3.8, 4) is 0 Å². The molecule has 1 unspecified atom stereocenters. The largest absolute Gasteiger partial charge is 0.478 e. The second-order valence-electron chi connectivity index (χ2n) is 4.72. The fourth-order valence-electron chi connectivity index (χ4n) is 2.21. The van der Waals surface area contributed by atoms with Crippen molar-refractivity contribution in [2.24, 2.45) is 5.92 Å². The number of sulfonamides is 1. The smallest absolute Gasteiger partial charge is 0.335 e. The SMILES string of the molecule is Cc1cc(N2CC(C)CS2(=O)=O)ccc1C(=O)O. The topological polar surface area (TPSA) is 74.7 Å². The maximum absolute atomic E-state index is 11.9. The predicted octanol–water partition coefficient (Wildman–Crippen LogP) is 1.48. The van der Waals surface area contributed by atoms with Crippen LogP contribution in [0.15, 0.2) is 18.2 Å². The third kappa shape index (κ3) is 2.20. The summed E-state index contributed by atoms with van der Waals surface area (Å²) in [6.45, 7) is 4.00. The quantitative estimate of drug-likeness (QED) is 0.882. The first kappa shape index (κ1) is 12.9. The molecule has 1 aromatic rings. The van der Waals surface area contributed by atoms with Gasteiger partial charge in [-0.05, 0) is 36.6 Å². The number of carboxylic acid groups (broad SMARTS) is 1. The molecule has 1 aliphatic rings. The number of benzene rings is 1. The van der Waals surface area contributed by atoms with Gasteiger partial charge in [0.1, 0.15) is 0 Å². The van der Waals surface area contributed by atoms with Crippen LogP contribution in [0.4, 0.5) is 5.69 Å². The summed E-state index contributed by atoms with van der Waals surface area (Å²) in [6.07, 6.45) is 0. The molecular weight excluding hydrogens is 254 g/mol. The molecule has 18 heavy (non-hydrogen) atoms. The van der Waals surface area contributed by atoms with E-state index in [1.54, 1.807) is 19.1 Å². The Hall–Kier alpha value is -1.56. The zero-order chi connectivity index (χ0) is 13.5. The monoisotopic (exact) mass is 269 g/mol. The number of rotatable bonds is 2. The predicted molar refractivity (Wildman–Crippen MR) is 68.4 cm³/mol. The van der Waals surface area contributed by atoms with Crippen molar-refractivity contribution < 1.29 is 18.3 Å². The van der Waals surface area contributed by atoms with Crippen LogP contribution < -0.4 is 4.31 Å². The maximum Gasteiger partial charge on any atom is 0.335 e. The Balaban J connectivity index is 2.42. The summed E-state index contributed by atoms with van der Waals surface area (Å²) in [4.78, 5) is 10.9. The van der Waals surface area contributed by atoms with Gasteiger partial charge in [0.25, 0.3) is 0 Å². The van der Waals surface area contributed by atoms with Crippen molar-refractivity contribution in [1.29, 1.82) is 0 Å². The van der Waals surface area contributed by atoms with Gasteiger partial charge in [0.15, 0.2) is 0 Å². The van der Waals surface area contributed by atoms with Crippen molar-refractivity contribution in [1.82, 2.24) is 0 Å². The minimum absolute atomic E-state index is 0.0921. The van der Waals surface area contributed by atoms with E-state index in [4.69, 9.17) is 5.11 Å². The summed E-state index contributed by atoms with van der Waals surface area (Å²) in [5, 5.41) is 8.93. The van der Waals surface area contributed by atoms with Gasteiger partial charge in [0.05, 0.1) is 17.0 Å². The number of carboxylic acids is 1. The third-order valence-corrected chi connectivity index (χ3v) is 5.06. The number of nitrogens with zero attached hydrogens (tertiary/aromatic N) is 1. The van der Waals surface area contributed by atoms with Crippen molar-refractivity contribution in [3.63, 3.8) is 0 Å². The molecule has 98 valence electrons. The molecule has 6 heteroatoms. The average molecular weight is 269 g/mol. The molecule has 1 saturated heterocycles. The van der Waals surface area contributed by atoms with Crippen LogP contribution in [-0.2, 0) is 10.0 Å². The average Bonchev–Trinajstić information content (AvgIpc) is 2.51. The number of hydrogen-bond donors (Lipinski definition) is 1. The normalized spacial score (nSPS) is 22.1. The molecule has 1 N–H and O–H groups in total. The second-order valence-corrected chi connectivity index (χ2v) is 6.66. The molecular formula is C12H15NO4S. The third-order valence-electron chi connectivity index (χ3n) is 3.04. The molecule has 1 atom stereocenters. The van der Waals surface area contributed by atoms with Gasteiger partial charge in [-0.25, -0.2) is 13.2 Å². The van der Waals surface area contributed by atoms with Gasteiger partial charge in [-0.15, -0.1) is 0 Å². The van der Waals surface area contributed by atoms with Crippen LogP contribution in [-0.4, -0.2) is 31.8 Å². The second kappa shape index (κ2) is 4.28. The first-order valence-corrected chi connectivity index (χ1v) is 7.26. The molecule has 0 saturated carbocycles. The van der Waals surface area contributed by atoms with Crippen molar-refractivity contribution in [3.05, 3.63) is 29.3 Å². The minimum atomic E-state index is -3.25. The van der Waals surface area contributed by atoms with Gasteiger partial charge < -0.3 is 5.11 Å². The van der Waals surface area contributed by atoms with Gasteiger partial charge in [-0.2, -0.15) is 0 Å². The van der Waals surface area contributed by atoms with E-state index in [1.165, 1.54) is 10.4 Å². The highest BCUT2D eigenvalue weighted by Gasteiger charge is 2.33. The number of carbonyl (C=O) groups is 1. The summed E-state index contributed by atoms with van der Waals surface area (Å²) in [5.74, 6) is -0.765. The highest BCUT2D eigenvalue weighted by atomic mass is 32.2.